The number of ether oxygens (including phenoxy) is 2. The zero-order valence-corrected chi connectivity index (χ0v) is 19.6. The molecular formula is C26H26Cl2N2O3. The molecule has 33 heavy (non-hydrogen) atoms. The van der Waals surface area contributed by atoms with Crippen molar-refractivity contribution in [2.75, 3.05) is 6.61 Å². The van der Waals surface area contributed by atoms with Crippen LogP contribution in [0, 0.1) is 0 Å². The number of esters is 1. The third kappa shape index (κ3) is 6.93. The van der Waals surface area contributed by atoms with Crippen molar-refractivity contribution in [2.45, 2.75) is 19.1 Å². The molecule has 1 unspecified atom stereocenters. The summed E-state index contributed by atoms with van der Waals surface area (Å²) in [5.74, 6) is -0.00356. The second-order valence-electron chi connectivity index (χ2n) is 7.33. The Morgan fingerprint density at radius 2 is 1.52 bits per heavy atom. The van der Waals surface area contributed by atoms with Crippen LogP contribution in [-0.2, 0) is 17.8 Å². The molecule has 4 rings (SSSR count). The highest BCUT2D eigenvalue weighted by Gasteiger charge is 2.20. The van der Waals surface area contributed by atoms with E-state index in [2.05, 4.69) is 4.98 Å². The Kier molecular flexibility index (Phi) is 10.1. The molecule has 0 aliphatic heterocycles. The number of hydrogen-bond donors (Lipinski definition) is 1. The summed E-state index contributed by atoms with van der Waals surface area (Å²) in [6, 6.07) is 26.6. The highest BCUT2D eigenvalue weighted by molar-refractivity contribution is 6.06. The van der Waals surface area contributed by atoms with Crippen LogP contribution in [0.3, 0.4) is 0 Å². The van der Waals surface area contributed by atoms with Gasteiger partial charge in [-0.25, -0.2) is 4.79 Å². The zero-order valence-electron chi connectivity index (χ0n) is 17.9. The Morgan fingerprint density at radius 3 is 2.21 bits per heavy atom. The van der Waals surface area contributed by atoms with Gasteiger partial charge in [-0.3, -0.25) is 4.98 Å². The summed E-state index contributed by atoms with van der Waals surface area (Å²) in [6.07, 6.45) is 2.38. The average Bonchev–Trinajstić information content (AvgIpc) is 2.82. The van der Waals surface area contributed by atoms with Crippen LogP contribution in [0.25, 0.3) is 10.9 Å². The fourth-order valence-electron chi connectivity index (χ4n) is 3.43. The van der Waals surface area contributed by atoms with Crippen molar-refractivity contribution in [2.24, 2.45) is 5.73 Å². The van der Waals surface area contributed by atoms with E-state index in [9.17, 15) is 4.79 Å². The van der Waals surface area contributed by atoms with Crippen molar-refractivity contribution in [3.05, 3.63) is 108 Å². The summed E-state index contributed by atoms with van der Waals surface area (Å²) in [4.78, 5) is 17.4. The molecule has 1 atom stereocenters. The van der Waals surface area contributed by atoms with Crippen LogP contribution in [0.15, 0.2) is 91.1 Å². The molecule has 0 fully saturated rings. The first-order valence-electron chi connectivity index (χ1n) is 10.2. The van der Waals surface area contributed by atoms with E-state index >= 15 is 0 Å². The molecule has 0 aliphatic carbocycles. The van der Waals surface area contributed by atoms with E-state index in [1.807, 2.05) is 72.8 Å². The molecule has 0 saturated carbocycles. The molecule has 3 aromatic carbocycles. The summed E-state index contributed by atoms with van der Waals surface area (Å²) < 4.78 is 11.6. The number of carbonyl (C=O) groups excluding carboxylic acids is 1. The first-order chi connectivity index (χ1) is 15.2. The van der Waals surface area contributed by atoms with Crippen LogP contribution in [0.5, 0.6) is 5.75 Å². The van der Waals surface area contributed by atoms with Gasteiger partial charge in [0.15, 0.2) is 0 Å². The van der Waals surface area contributed by atoms with E-state index in [0.717, 1.165) is 11.1 Å². The summed E-state index contributed by atoms with van der Waals surface area (Å²) in [6.45, 7) is 0.461. The molecule has 0 amide bonds. The van der Waals surface area contributed by atoms with Crippen molar-refractivity contribution < 1.29 is 14.3 Å². The van der Waals surface area contributed by atoms with Crippen LogP contribution in [0.1, 0.15) is 21.5 Å². The maximum atomic E-state index is 13.0. The van der Waals surface area contributed by atoms with Gasteiger partial charge in [-0.05, 0) is 35.7 Å². The lowest BCUT2D eigenvalue weighted by Gasteiger charge is -2.17. The van der Waals surface area contributed by atoms with Crippen molar-refractivity contribution in [1.29, 1.82) is 0 Å². The van der Waals surface area contributed by atoms with Gasteiger partial charge in [-0.15, -0.1) is 24.8 Å². The molecular weight excluding hydrogens is 459 g/mol. The molecule has 2 N–H and O–H groups in total. The topological polar surface area (TPSA) is 74.4 Å². The largest absolute Gasteiger partial charge is 0.491 e. The summed E-state index contributed by atoms with van der Waals surface area (Å²) in [7, 11) is 0. The third-order valence-electron chi connectivity index (χ3n) is 4.96. The fourth-order valence-corrected chi connectivity index (χ4v) is 3.43. The normalized spacial score (nSPS) is 11.1. The highest BCUT2D eigenvalue weighted by Crippen LogP contribution is 2.28. The van der Waals surface area contributed by atoms with E-state index in [0.29, 0.717) is 28.6 Å². The number of aromatic nitrogens is 1. The SMILES string of the molecule is Cl.Cl.NC(COc1ccc2ncccc2c1C(=O)OCc1ccccc1)Cc1ccccc1. The maximum absolute atomic E-state index is 13.0. The molecule has 7 heteroatoms. The summed E-state index contributed by atoms with van der Waals surface area (Å²) in [5, 5.41) is 0.690. The molecule has 0 spiro atoms. The molecule has 0 radical (unpaired) electrons. The van der Waals surface area contributed by atoms with Gasteiger partial charge in [0, 0.05) is 17.6 Å². The van der Waals surface area contributed by atoms with Crippen LogP contribution in [-0.4, -0.2) is 23.6 Å². The fraction of sp³-hybridized carbons (Fsp3) is 0.154. The summed E-state index contributed by atoms with van der Waals surface area (Å²) in [5.41, 5.74) is 9.41. The minimum Gasteiger partial charge on any atom is -0.491 e. The van der Waals surface area contributed by atoms with Crippen molar-refractivity contribution in [3.8, 4) is 5.75 Å². The molecule has 5 nitrogen and oxygen atoms in total. The van der Waals surface area contributed by atoms with Gasteiger partial charge in [0.1, 0.15) is 24.5 Å². The molecule has 1 heterocycles. The number of nitrogens with zero attached hydrogens (tertiary/aromatic N) is 1. The van der Waals surface area contributed by atoms with Gasteiger partial charge in [-0.2, -0.15) is 0 Å². The summed E-state index contributed by atoms with van der Waals surface area (Å²) >= 11 is 0. The second kappa shape index (κ2) is 12.8. The number of nitrogens with two attached hydrogens (primary N) is 1. The molecule has 0 aliphatic rings. The van der Waals surface area contributed by atoms with Crippen LogP contribution in [0.4, 0.5) is 0 Å². The number of halogens is 2. The minimum atomic E-state index is -0.450. The average molecular weight is 485 g/mol. The lowest BCUT2D eigenvalue weighted by molar-refractivity contribution is 0.0470. The Hall–Kier alpha value is -3.12. The monoisotopic (exact) mass is 484 g/mol. The minimum absolute atomic E-state index is 0. The maximum Gasteiger partial charge on any atom is 0.342 e. The predicted octanol–water partition coefficient (Wildman–Crippen LogP) is 5.38. The third-order valence-corrected chi connectivity index (χ3v) is 4.96. The smallest absolute Gasteiger partial charge is 0.342 e. The lowest BCUT2D eigenvalue weighted by atomic mass is 10.1. The van der Waals surface area contributed by atoms with E-state index in [-0.39, 0.29) is 44.1 Å². The van der Waals surface area contributed by atoms with Gasteiger partial charge in [-0.1, -0.05) is 66.7 Å². The van der Waals surface area contributed by atoms with Crippen LogP contribution >= 0.6 is 24.8 Å². The zero-order chi connectivity index (χ0) is 21.5. The number of carbonyl (C=O) groups is 1. The predicted molar refractivity (Wildman–Crippen MR) is 135 cm³/mol. The first-order valence-corrected chi connectivity index (χ1v) is 10.2. The Labute approximate surface area is 205 Å². The van der Waals surface area contributed by atoms with Gasteiger partial charge in [0.05, 0.1) is 5.52 Å². The standard InChI is InChI=1S/C26H24N2O3.2ClH/c27-21(16-19-8-3-1-4-9-19)18-30-24-14-13-23-22(12-7-15-28-23)25(24)26(29)31-17-20-10-5-2-6-11-20;;/h1-15,21H,16-18,27H2;2*1H. The van der Waals surface area contributed by atoms with E-state index in [1.165, 1.54) is 0 Å². The van der Waals surface area contributed by atoms with Crippen LogP contribution < -0.4 is 10.5 Å². The number of rotatable bonds is 8. The van der Waals surface area contributed by atoms with E-state index < -0.39 is 5.97 Å². The molecule has 1 aromatic heterocycles. The molecule has 172 valence electrons. The van der Waals surface area contributed by atoms with Crippen molar-refractivity contribution in [1.82, 2.24) is 4.98 Å². The van der Waals surface area contributed by atoms with Gasteiger partial charge in [0.25, 0.3) is 0 Å². The number of fused-ring (bicyclic) bond motifs is 1. The van der Waals surface area contributed by atoms with Crippen LogP contribution in [0.2, 0.25) is 0 Å². The molecule has 0 saturated heterocycles. The number of pyridine rings is 1. The van der Waals surface area contributed by atoms with Gasteiger partial charge >= 0.3 is 5.97 Å². The Balaban J connectivity index is 0.00000193. The van der Waals surface area contributed by atoms with Gasteiger partial charge in [0.2, 0.25) is 0 Å². The van der Waals surface area contributed by atoms with Crippen molar-refractivity contribution >= 4 is 41.7 Å². The second-order valence-corrected chi connectivity index (χ2v) is 7.33. The van der Waals surface area contributed by atoms with E-state index in [1.54, 1.807) is 18.3 Å². The number of hydrogen-bond acceptors (Lipinski definition) is 5. The van der Waals surface area contributed by atoms with Crippen molar-refractivity contribution in [3.63, 3.8) is 0 Å². The Morgan fingerprint density at radius 1 is 0.848 bits per heavy atom. The highest BCUT2D eigenvalue weighted by atomic mass is 35.5. The first kappa shape index (κ1) is 26.1. The molecule has 4 aromatic rings. The van der Waals surface area contributed by atoms with Gasteiger partial charge < -0.3 is 15.2 Å². The Bertz CT molecular complexity index is 1160. The quantitative estimate of drug-likeness (QED) is 0.339. The number of benzene rings is 3. The lowest BCUT2D eigenvalue weighted by Crippen LogP contribution is -2.30. The molecule has 0 bridgehead atoms. The van der Waals surface area contributed by atoms with E-state index in [4.69, 9.17) is 15.2 Å².